The molecule has 3 rings (SSSR count). The van der Waals surface area contributed by atoms with Crippen LogP contribution in [0.5, 0.6) is 0 Å². The van der Waals surface area contributed by atoms with Crippen molar-refractivity contribution in [1.82, 2.24) is 5.32 Å². The molecule has 1 aromatic carbocycles. The fourth-order valence-electron chi connectivity index (χ4n) is 3.83. The predicted octanol–water partition coefficient (Wildman–Crippen LogP) is 4.13. The van der Waals surface area contributed by atoms with E-state index in [2.05, 4.69) is 23.6 Å². The van der Waals surface area contributed by atoms with Crippen LogP contribution < -0.4 is 15.5 Å². The molecule has 1 saturated heterocycles. The second-order valence-corrected chi connectivity index (χ2v) is 7.76. The number of hydrogen-bond acceptors (Lipinski definition) is 2. The summed E-state index contributed by atoms with van der Waals surface area (Å²) in [7, 11) is 0. The van der Waals surface area contributed by atoms with E-state index >= 15 is 0 Å². The maximum absolute atomic E-state index is 11.9. The van der Waals surface area contributed by atoms with Gasteiger partial charge in [-0.1, -0.05) is 19.3 Å². The zero-order valence-corrected chi connectivity index (χ0v) is 15.5. The number of benzene rings is 1. The molecular weight excluding hydrogens is 318 g/mol. The van der Waals surface area contributed by atoms with Crippen LogP contribution in [0.15, 0.2) is 18.2 Å². The van der Waals surface area contributed by atoms with Crippen molar-refractivity contribution in [1.29, 1.82) is 0 Å². The van der Waals surface area contributed by atoms with E-state index in [9.17, 15) is 4.79 Å². The first kappa shape index (κ1) is 17.2. The van der Waals surface area contributed by atoms with E-state index in [0.717, 1.165) is 29.9 Å². The average molecular weight is 346 g/mol. The number of anilines is 2. The van der Waals surface area contributed by atoms with Crippen LogP contribution >= 0.6 is 12.2 Å². The van der Waals surface area contributed by atoms with E-state index in [4.69, 9.17) is 12.2 Å². The molecule has 130 valence electrons. The fourth-order valence-corrected chi connectivity index (χ4v) is 4.20. The number of nitrogens with one attached hydrogen (secondary N) is 2. The first-order valence-corrected chi connectivity index (χ1v) is 9.38. The monoisotopic (exact) mass is 345 g/mol. The van der Waals surface area contributed by atoms with Gasteiger partial charge in [0.05, 0.1) is 0 Å². The van der Waals surface area contributed by atoms with Crippen LogP contribution in [0.1, 0.15) is 57.4 Å². The number of nitrogens with zero attached hydrogens (tertiary/aromatic N) is 1. The summed E-state index contributed by atoms with van der Waals surface area (Å²) in [6.07, 6.45) is 7.81. The lowest BCUT2D eigenvalue weighted by Gasteiger charge is -2.35. The third-order valence-corrected chi connectivity index (χ3v) is 5.40. The largest absolute Gasteiger partial charge is 0.357 e. The Morgan fingerprint density at radius 3 is 2.58 bits per heavy atom. The Balaban J connectivity index is 1.64. The molecule has 0 spiro atoms. The minimum Gasteiger partial charge on any atom is -0.357 e. The molecule has 0 unspecified atom stereocenters. The van der Waals surface area contributed by atoms with Crippen molar-refractivity contribution in [3.63, 3.8) is 0 Å². The Kier molecular flexibility index (Phi) is 5.09. The van der Waals surface area contributed by atoms with Crippen molar-refractivity contribution >= 4 is 34.6 Å². The van der Waals surface area contributed by atoms with Gasteiger partial charge in [0.2, 0.25) is 5.91 Å². The first-order chi connectivity index (χ1) is 11.5. The van der Waals surface area contributed by atoms with Crippen LogP contribution in [0.4, 0.5) is 11.4 Å². The van der Waals surface area contributed by atoms with Gasteiger partial charge in [0.25, 0.3) is 0 Å². The first-order valence-electron chi connectivity index (χ1n) is 8.97. The van der Waals surface area contributed by atoms with Gasteiger partial charge in [0.1, 0.15) is 0 Å². The van der Waals surface area contributed by atoms with Crippen molar-refractivity contribution in [2.45, 2.75) is 64.3 Å². The highest BCUT2D eigenvalue weighted by Crippen LogP contribution is 2.29. The molecule has 0 bridgehead atoms. The van der Waals surface area contributed by atoms with Crippen molar-refractivity contribution in [2.24, 2.45) is 0 Å². The van der Waals surface area contributed by atoms with Crippen LogP contribution in [-0.4, -0.2) is 23.1 Å². The quantitative estimate of drug-likeness (QED) is 0.809. The van der Waals surface area contributed by atoms with E-state index in [-0.39, 0.29) is 11.4 Å². The molecule has 1 aromatic rings. The lowest BCUT2D eigenvalue weighted by molar-refractivity contribution is -0.117. The van der Waals surface area contributed by atoms with Crippen LogP contribution in [-0.2, 0) is 4.79 Å². The fraction of sp³-hybridized carbons (Fsp3) is 0.579. The maximum atomic E-state index is 11.9. The molecule has 1 heterocycles. The summed E-state index contributed by atoms with van der Waals surface area (Å²) < 4.78 is 0. The molecule has 0 atom stereocenters. The zero-order chi connectivity index (χ0) is 17.2. The van der Waals surface area contributed by atoms with Crippen molar-refractivity contribution < 1.29 is 4.79 Å². The standard InChI is InChI=1S/C19H27N3OS/c1-14-13-15(8-9-16(14)22-12-6-7-17(22)23)20-18(24)21-19(2)10-4-3-5-11-19/h8-9,13H,3-7,10-12H2,1-2H3,(H2,20,21,24). The number of thiocarbonyl (C=S) groups is 1. The summed E-state index contributed by atoms with van der Waals surface area (Å²) in [5.74, 6) is 0.223. The molecule has 2 fully saturated rings. The minimum atomic E-state index is 0.110. The average Bonchev–Trinajstić information content (AvgIpc) is 2.93. The van der Waals surface area contributed by atoms with Crippen LogP contribution in [0.2, 0.25) is 0 Å². The molecule has 24 heavy (non-hydrogen) atoms. The Bertz CT molecular complexity index is 637. The van der Waals surface area contributed by atoms with Gasteiger partial charge in [-0.05, 0) is 69.1 Å². The summed E-state index contributed by atoms with van der Waals surface area (Å²) in [5.41, 5.74) is 3.20. The van der Waals surface area contributed by atoms with Crippen LogP contribution in [0.3, 0.4) is 0 Å². The number of carbonyl (C=O) groups is 1. The molecule has 1 aliphatic heterocycles. The Labute approximate surface area is 150 Å². The third kappa shape index (κ3) is 3.89. The number of rotatable bonds is 3. The SMILES string of the molecule is Cc1cc(NC(=S)NC2(C)CCCCC2)ccc1N1CCCC1=O. The van der Waals surface area contributed by atoms with Gasteiger partial charge in [-0.2, -0.15) is 0 Å². The molecule has 0 radical (unpaired) electrons. The van der Waals surface area contributed by atoms with Gasteiger partial charge in [-0.3, -0.25) is 4.79 Å². The lowest BCUT2D eigenvalue weighted by atomic mass is 9.83. The minimum absolute atomic E-state index is 0.110. The van der Waals surface area contributed by atoms with Crippen LogP contribution in [0.25, 0.3) is 0 Å². The molecule has 1 saturated carbocycles. The van der Waals surface area contributed by atoms with E-state index in [0.29, 0.717) is 11.5 Å². The van der Waals surface area contributed by atoms with Gasteiger partial charge >= 0.3 is 0 Å². The van der Waals surface area contributed by atoms with Crippen molar-refractivity contribution in [3.8, 4) is 0 Å². The summed E-state index contributed by atoms with van der Waals surface area (Å²) >= 11 is 5.50. The summed E-state index contributed by atoms with van der Waals surface area (Å²) in [4.78, 5) is 13.8. The zero-order valence-electron chi connectivity index (χ0n) is 14.7. The maximum Gasteiger partial charge on any atom is 0.227 e. The van der Waals surface area contributed by atoms with Gasteiger partial charge in [-0.25, -0.2) is 0 Å². The third-order valence-electron chi connectivity index (χ3n) is 5.19. The molecule has 4 nitrogen and oxygen atoms in total. The van der Waals surface area contributed by atoms with Gasteiger partial charge in [0.15, 0.2) is 5.11 Å². The molecular formula is C19H27N3OS. The molecule has 1 amide bonds. The normalized spacial score (nSPS) is 20.1. The van der Waals surface area contributed by atoms with E-state index in [1.165, 1.54) is 32.1 Å². The smallest absolute Gasteiger partial charge is 0.227 e. The molecule has 5 heteroatoms. The van der Waals surface area contributed by atoms with Crippen molar-refractivity contribution in [3.05, 3.63) is 23.8 Å². The molecule has 2 aliphatic rings. The van der Waals surface area contributed by atoms with Gasteiger partial charge in [-0.15, -0.1) is 0 Å². The van der Waals surface area contributed by atoms with Crippen LogP contribution in [0, 0.1) is 6.92 Å². The van der Waals surface area contributed by atoms with Crippen molar-refractivity contribution in [2.75, 3.05) is 16.8 Å². The van der Waals surface area contributed by atoms with Gasteiger partial charge in [0, 0.05) is 29.9 Å². The molecule has 1 aliphatic carbocycles. The van der Waals surface area contributed by atoms with E-state index in [1.54, 1.807) is 0 Å². The highest BCUT2D eigenvalue weighted by Gasteiger charge is 2.27. The number of amides is 1. The highest BCUT2D eigenvalue weighted by molar-refractivity contribution is 7.80. The summed E-state index contributed by atoms with van der Waals surface area (Å²) in [5, 5.41) is 7.48. The van der Waals surface area contributed by atoms with Gasteiger partial charge < -0.3 is 15.5 Å². The topological polar surface area (TPSA) is 44.4 Å². The highest BCUT2D eigenvalue weighted by atomic mass is 32.1. The molecule has 2 N–H and O–H groups in total. The Hall–Kier alpha value is -1.62. The summed E-state index contributed by atoms with van der Waals surface area (Å²) in [6.45, 7) is 5.13. The second kappa shape index (κ2) is 7.09. The number of aryl methyl sites for hydroxylation is 1. The van der Waals surface area contributed by atoms with E-state index in [1.807, 2.05) is 24.0 Å². The van der Waals surface area contributed by atoms with E-state index < -0.39 is 0 Å². The summed E-state index contributed by atoms with van der Waals surface area (Å²) in [6, 6.07) is 6.09. The number of carbonyl (C=O) groups excluding carboxylic acids is 1. The predicted molar refractivity (Wildman–Crippen MR) is 104 cm³/mol. The lowest BCUT2D eigenvalue weighted by Crippen LogP contribution is -2.48. The second-order valence-electron chi connectivity index (χ2n) is 7.35. The number of hydrogen-bond donors (Lipinski definition) is 2. The molecule has 0 aromatic heterocycles. The Morgan fingerprint density at radius 2 is 1.96 bits per heavy atom. The Morgan fingerprint density at radius 1 is 1.21 bits per heavy atom.